The third-order valence-electron chi connectivity index (χ3n) is 3.91. The molecule has 0 fully saturated rings. The van der Waals surface area contributed by atoms with Crippen molar-refractivity contribution in [3.63, 3.8) is 0 Å². The van der Waals surface area contributed by atoms with Crippen molar-refractivity contribution < 1.29 is 9.53 Å². The molecule has 0 bridgehead atoms. The number of carbonyl (C=O) groups excluding carboxylic acids is 1. The number of guanidine groups is 1. The molecule has 0 unspecified atom stereocenters. The Morgan fingerprint density at radius 1 is 1.11 bits per heavy atom. The van der Waals surface area contributed by atoms with Crippen molar-refractivity contribution in [3.05, 3.63) is 60.2 Å². The molecule has 0 aliphatic heterocycles. The molecule has 1 heterocycles. The van der Waals surface area contributed by atoms with Gasteiger partial charge >= 0.3 is 0 Å². The Bertz CT molecular complexity index is 1010. The fourth-order valence-corrected chi connectivity index (χ4v) is 2.73. The second-order valence-electron chi connectivity index (χ2n) is 6.62. The Morgan fingerprint density at radius 3 is 2.56 bits per heavy atom. The standard InChI is InChI=1S/C21H22N4O2/c1-13(2)12-27-19-10-6-4-8-15(19)18-11-16(20(26)25-21(22)23)14-7-3-5-9-17(14)24-18/h3-11,13H,12H2,1-2H3,(H4,22,23,25,26). The van der Waals surface area contributed by atoms with E-state index in [0.717, 1.165) is 5.56 Å². The molecule has 3 rings (SSSR count). The van der Waals surface area contributed by atoms with Crippen molar-refractivity contribution in [3.8, 4) is 17.0 Å². The van der Waals surface area contributed by atoms with Crippen LogP contribution in [0.15, 0.2) is 59.6 Å². The number of hydrogen-bond acceptors (Lipinski definition) is 3. The molecular weight excluding hydrogens is 340 g/mol. The van der Waals surface area contributed by atoms with E-state index in [1.165, 1.54) is 0 Å². The van der Waals surface area contributed by atoms with E-state index in [-0.39, 0.29) is 5.96 Å². The van der Waals surface area contributed by atoms with Crippen LogP contribution >= 0.6 is 0 Å². The molecule has 0 aliphatic rings. The number of nitrogens with two attached hydrogens (primary N) is 2. The largest absolute Gasteiger partial charge is 0.493 e. The molecule has 6 heteroatoms. The van der Waals surface area contributed by atoms with Crippen molar-refractivity contribution >= 4 is 22.8 Å². The van der Waals surface area contributed by atoms with Crippen LogP contribution in [0.5, 0.6) is 5.75 Å². The molecule has 27 heavy (non-hydrogen) atoms. The fraction of sp³-hybridized carbons (Fsp3) is 0.190. The van der Waals surface area contributed by atoms with E-state index in [1.54, 1.807) is 6.07 Å². The highest BCUT2D eigenvalue weighted by atomic mass is 16.5. The van der Waals surface area contributed by atoms with Crippen LogP contribution in [-0.4, -0.2) is 23.5 Å². The summed E-state index contributed by atoms with van der Waals surface area (Å²) in [5.41, 5.74) is 13.3. The van der Waals surface area contributed by atoms with Gasteiger partial charge < -0.3 is 16.2 Å². The average Bonchev–Trinajstić information content (AvgIpc) is 2.65. The van der Waals surface area contributed by atoms with Crippen LogP contribution in [0.3, 0.4) is 0 Å². The van der Waals surface area contributed by atoms with E-state index >= 15 is 0 Å². The summed E-state index contributed by atoms with van der Waals surface area (Å²) in [6, 6.07) is 16.7. The molecule has 1 aromatic heterocycles. The van der Waals surface area contributed by atoms with E-state index in [0.29, 0.717) is 40.4 Å². The molecule has 3 aromatic rings. The summed E-state index contributed by atoms with van der Waals surface area (Å²) < 4.78 is 5.94. The van der Waals surface area contributed by atoms with Gasteiger partial charge in [-0.3, -0.25) is 4.79 Å². The minimum atomic E-state index is -0.504. The van der Waals surface area contributed by atoms with Crippen molar-refractivity contribution in [2.75, 3.05) is 6.61 Å². The highest BCUT2D eigenvalue weighted by Gasteiger charge is 2.16. The van der Waals surface area contributed by atoms with Crippen molar-refractivity contribution in [1.29, 1.82) is 0 Å². The summed E-state index contributed by atoms with van der Waals surface area (Å²) in [5, 5.41) is 0.692. The molecule has 138 valence electrons. The molecule has 2 aromatic carbocycles. The van der Waals surface area contributed by atoms with Crippen LogP contribution in [0.4, 0.5) is 0 Å². The summed E-state index contributed by atoms with van der Waals surface area (Å²) >= 11 is 0. The number of aliphatic imine (C=N–C) groups is 1. The summed E-state index contributed by atoms with van der Waals surface area (Å²) in [6.45, 7) is 4.76. The van der Waals surface area contributed by atoms with Gasteiger partial charge in [-0.05, 0) is 30.2 Å². The van der Waals surface area contributed by atoms with Crippen molar-refractivity contribution in [2.24, 2.45) is 22.4 Å². The number of para-hydroxylation sites is 2. The number of amides is 1. The van der Waals surface area contributed by atoms with Gasteiger partial charge in [-0.25, -0.2) is 4.98 Å². The van der Waals surface area contributed by atoms with Gasteiger partial charge in [-0.2, -0.15) is 4.99 Å². The van der Waals surface area contributed by atoms with E-state index in [9.17, 15) is 4.79 Å². The predicted molar refractivity (Wildman–Crippen MR) is 108 cm³/mol. The SMILES string of the molecule is CC(C)COc1ccccc1-c1cc(C(=O)N=C(N)N)c2ccccc2n1. The summed E-state index contributed by atoms with van der Waals surface area (Å²) in [7, 11) is 0. The van der Waals surface area contributed by atoms with Gasteiger partial charge in [0.15, 0.2) is 5.96 Å². The number of nitrogens with zero attached hydrogens (tertiary/aromatic N) is 2. The molecule has 0 aliphatic carbocycles. The Balaban J connectivity index is 2.16. The minimum Gasteiger partial charge on any atom is -0.493 e. The topological polar surface area (TPSA) is 104 Å². The fourth-order valence-electron chi connectivity index (χ4n) is 2.73. The van der Waals surface area contributed by atoms with Gasteiger partial charge in [-0.15, -0.1) is 0 Å². The molecule has 0 saturated carbocycles. The monoisotopic (exact) mass is 362 g/mol. The maximum Gasteiger partial charge on any atom is 0.280 e. The molecule has 0 saturated heterocycles. The van der Waals surface area contributed by atoms with Gasteiger partial charge in [0.1, 0.15) is 5.75 Å². The van der Waals surface area contributed by atoms with E-state index in [2.05, 4.69) is 18.8 Å². The smallest absolute Gasteiger partial charge is 0.280 e. The number of aromatic nitrogens is 1. The lowest BCUT2D eigenvalue weighted by atomic mass is 10.0. The van der Waals surface area contributed by atoms with Gasteiger partial charge in [0, 0.05) is 10.9 Å². The minimum absolute atomic E-state index is 0.275. The van der Waals surface area contributed by atoms with E-state index in [1.807, 2.05) is 48.5 Å². The number of benzene rings is 2. The van der Waals surface area contributed by atoms with Crippen LogP contribution in [0.2, 0.25) is 0 Å². The maximum absolute atomic E-state index is 12.5. The maximum atomic E-state index is 12.5. The number of rotatable bonds is 5. The Labute approximate surface area is 157 Å². The molecule has 1 amide bonds. The zero-order valence-corrected chi connectivity index (χ0v) is 15.3. The second-order valence-corrected chi connectivity index (χ2v) is 6.62. The van der Waals surface area contributed by atoms with Gasteiger partial charge in [-0.1, -0.05) is 44.2 Å². The zero-order chi connectivity index (χ0) is 19.4. The molecule has 0 atom stereocenters. The predicted octanol–water partition coefficient (Wildman–Crippen LogP) is 3.35. The first kappa shape index (κ1) is 18.4. The van der Waals surface area contributed by atoms with Crippen LogP contribution in [-0.2, 0) is 0 Å². The van der Waals surface area contributed by atoms with Crippen LogP contribution in [0.25, 0.3) is 22.2 Å². The normalized spacial score (nSPS) is 10.8. The van der Waals surface area contributed by atoms with Crippen LogP contribution < -0.4 is 16.2 Å². The van der Waals surface area contributed by atoms with Gasteiger partial charge in [0.05, 0.1) is 23.4 Å². The molecule has 0 radical (unpaired) electrons. The summed E-state index contributed by atoms with van der Waals surface area (Å²) in [6.07, 6.45) is 0. The number of ether oxygens (including phenoxy) is 1. The summed E-state index contributed by atoms with van der Waals surface area (Å²) in [4.78, 5) is 20.9. The second kappa shape index (κ2) is 7.86. The Morgan fingerprint density at radius 2 is 1.81 bits per heavy atom. The van der Waals surface area contributed by atoms with Crippen LogP contribution in [0.1, 0.15) is 24.2 Å². The number of fused-ring (bicyclic) bond motifs is 1. The molecule has 6 nitrogen and oxygen atoms in total. The average molecular weight is 362 g/mol. The lowest BCUT2D eigenvalue weighted by molar-refractivity contribution is 0.100. The Kier molecular flexibility index (Phi) is 5.35. The highest BCUT2D eigenvalue weighted by Crippen LogP contribution is 2.32. The van der Waals surface area contributed by atoms with E-state index in [4.69, 9.17) is 21.2 Å². The first-order chi connectivity index (χ1) is 13.0. The van der Waals surface area contributed by atoms with Gasteiger partial charge in [0.2, 0.25) is 0 Å². The molecule has 4 N–H and O–H groups in total. The van der Waals surface area contributed by atoms with Gasteiger partial charge in [0.25, 0.3) is 5.91 Å². The third kappa shape index (κ3) is 4.23. The zero-order valence-electron chi connectivity index (χ0n) is 15.3. The Hall–Kier alpha value is -3.41. The van der Waals surface area contributed by atoms with E-state index < -0.39 is 5.91 Å². The first-order valence-corrected chi connectivity index (χ1v) is 8.71. The summed E-state index contributed by atoms with van der Waals surface area (Å²) in [5.74, 6) is 0.328. The molecular formula is C21H22N4O2. The lowest BCUT2D eigenvalue weighted by Gasteiger charge is -2.14. The van der Waals surface area contributed by atoms with Crippen molar-refractivity contribution in [2.45, 2.75) is 13.8 Å². The number of pyridine rings is 1. The lowest BCUT2D eigenvalue weighted by Crippen LogP contribution is -2.24. The highest BCUT2D eigenvalue weighted by molar-refractivity contribution is 6.10. The molecule has 0 spiro atoms. The third-order valence-corrected chi connectivity index (χ3v) is 3.91. The number of carbonyl (C=O) groups is 1. The number of hydrogen-bond donors (Lipinski definition) is 2. The quantitative estimate of drug-likeness (QED) is 0.535. The first-order valence-electron chi connectivity index (χ1n) is 8.71. The van der Waals surface area contributed by atoms with Crippen molar-refractivity contribution in [1.82, 2.24) is 4.98 Å². The van der Waals surface area contributed by atoms with Crippen LogP contribution in [0, 0.1) is 5.92 Å².